The number of carbonyl (C=O) groups excluding carboxylic acids is 1. The van der Waals surface area contributed by atoms with Crippen LogP contribution in [-0.4, -0.2) is 22.6 Å². The van der Waals surface area contributed by atoms with Gasteiger partial charge in [0.2, 0.25) is 5.91 Å². The molecule has 28 heavy (non-hydrogen) atoms. The van der Waals surface area contributed by atoms with Crippen LogP contribution >= 0.6 is 15.9 Å². The summed E-state index contributed by atoms with van der Waals surface area (Å²) < 4.78 is 7.57. The number of aromatic nitrogens is 2. The number of anilines is 1. The van der Waals surface area contributed by atoms with Crippen LogP contribution in [0.5, 0.6) is 5.75 Å². The summed E-state index contributed by atoms with van der Waals surface area (Å²) in [4.78, 5) is 40.0. The third kappa shape index (κ3) is 3.24. The highest BCUT2D eigenvalue weighted by Crippen LogP contribution is 2.32. The van der Waals surface area contributed by atoms with Crippen molar-refractivity contribution >= 4 is 38.6 Å². The molecule has 0 saturated heterocycles. The number of ether oxygens (including phenoxy) is 1. The highest BCUT2D eigenvalue weighted by molar-refractivity contribution is 9.10. The number of nitrogens with one attached hydrogen (secondary N) is 2. The first kappa shape index (κ1) is 18.5. The number of methoxy groups -OCH3 is 1. The quantitative estimate of drug-likeness (QED) is 0.606. The van der Waals surface area contributed by atoms with Crippen molar-refractivity contribution in [2.75, 3.05) is 12.4 Å². The van der Waals surface area contributed by atoms with E-state index < -0.39 is 11.1 Å². The first-order valence-corrected chi connectivity index (χ1v) is 9.67. The summed E-state index contributed by atoms with van der Waals surface area (Å²) in [7, 11) is 1.54. The van der Waals surface area contributed by atoms with Crippen LogP contribution in [0.4, 0.5) is 5.69 Å². The molecule has 2 heterocycles. The van der Waals surface area contributed by atoms with Crippen LogP contribution in [0.15, 0.2) is 50.5 Å². The third-order valence-electron chi connectivity index (χ3n) is 4.97. The molecule has 8 heteroatoms. The average molecular weight is 444 g/mol. The molecule has 0 spiro atoms. The van der Waals surface area contributed by atoms with Gasteiger partial charge in [0.25, 0.3) is 0 Å². The summed E-state index contributed by atoms with van der Waals surface area (Å²) in [6.45, 7) is 0. The number of aromatic amines is 1. The highest BCUT2D eigenvalue weighted by Gasteiger charge is 2.26. The number of halogens is 1. The number of hydrogen-bond donors (Lipinski definition) is 2. The van der Waals surface area contributed by atoms with Gasteiger partial charge in [-0.3, -0.25) is 19.0 Å². The second kappa shape index (κ2) is 7.27. The fraction of sp³-hybridized carbons (Fsp3) is 0.250. The van der Waals surface area contributed by atoms with Crippen molar-refractivity contribution < 1.29 is 9.53 Å². The Bertz CT molecular complexity index is 1200. The molecule has 4 rings (SSSR count). The van der Waals surface area contributed by atoms with Gasteiger partial charge in [-0.2, -0.15) is 0 Å². The number of hydrogen-bond acceptors (Lipinski definition) is 4. The normalized spacial score (nSPS) is 15.4. The number of H-pyrrole nitrogens is 1. The van der Waals surface area contributed by atoms with E-state index in [4.69, 9.17) is 4.74 Å². The minimum atomic E-state index is -0.686. The molecule has 1 aliphatic heterocycles. The van der Waals surface area contributed by atoms with Crippen LogP contribution in [0.25, 0.3) is 11.0 Å². The fourth-order valence-corrected chi connectivity index (χ4v) is 4.27. The summed E-state index contributed by atoms with van der Waals surface area (Å²) in [6.07, 6.45) is 1.40. The van der Waals surface area contributed by atoms with Gasteiger partial charge in [-0.1, -0.05) is 28.1 Å². The number of benzene rings is 2. The molecule has 144 valence electrons. The van der Waals surface area contributed by atoms with Gasteiger partial charge in [-0.15, -0.1) is 0 Å². The van der Waals surface area contributed by atoms with Crippen molar-refractivity contribution in [1.29, 1.82) is 0 Å². The predicted octanol–water partition coefficient (Wildman–Crippen LogP) is 2.98. The molecule has 1 atom stereocenters. The Morgan fingerprint density at radius 1 is 1.32 bits per heavy atom. The van der Waals surface area contributed by atoms with Gasteiger partial charge in [0.15, 0.2) is 0 Å². The molecule has 2 N–H and O–H groups in total. The maximum absolute atomic E-state index is 12.7. The predicted molar refractivity (Wildman–Crippen MR) is 110 cm³/mol. The van der Waals surface area contributed by atoms with E-state index in [1.807, 2.05) is 12.1 Å². The summed E-state index contributed by atoms with van der Waals surface area (Å²) in [5.41, 5.74) is 1.50. The molecule has 0 bridgehead atoms. The molecule has 1 amide bonds. The third-order valence-corrected chi connectivity index (χ3v) is 5.43. The van der Waals surface area contributed by atoms with E-state index in [0.717, 1.165) is 10.0 Å². The number of nitrogens with zero attached hydrogens (tertiary/aromatic N) is 1. The van der Waals surface area contributed by atoms with E-state index in [1.165, 1.54) is 11.7 Å². The lowest BCUT2D eigenvalue weighted by molar-refractivity contribution is -0.117. The Kier molecular flexibility index (Phi) is 4.80. The lowest BCUT2D eigenvalue weighted by Crippen LogP contribution is -2.41. The first-order valence-electron chi connectivity index (χ1n) is 8.87. The van der Waals surface area contributed by atoms with E-state index >= 15 is 0 Å². The molecule has 1 aliphatic rings. The molecule has 0 radical (unpaired) electrons. The second-order valence-corrected chi connectivity index (χ2v) is 7.65. The number of para-hydroxylation sites is 2. The molecule has 2 aromatic carbocycles. The van der Waals surface area contributed by atoms with Crippen molar-refractivity contribution in [2.24, 2.45) is 0 Å². The number of rotatable bonds is 4. The van der Waals surface area contributed by atoms with Gasteiger partial charge >= 0.3 is 11.1 Å². The van der Waals surface area contributed by atoms with Crippen LogP contribution in [-0.2, 0) is 11.2 Å². The van der Waals surface area contributed by atoms with E-state index in [9.17, 15) is 14.4 Å². The van der Waals surface area contributed by atoms with Crippen molar-refractivity contribution in [2.45, 2.75) is 25.3 Å². The molecule has 1 aromatic heterocycles. The molecule has 1 unspecified atom stereocenters. The summed E-state index contributed by atoms with van der Waals surface area (Å²) in [5, 5.41) is 2.84. The monoisotopic (exact) mass is 443 g/mol. The van der Waals surface area contributed by atoms with Crippen molar-refractivity contribution in [3.8, 4) is 5.75 Å². The van der Waals surface area contributed by atoms with Crippen LogP contribution in [0.2, 0.25) is 0 Å². The molecule has 0 saturated carbocycles. The van der Waals surface area contributed by atoms with E-state index in [2.05, 4.69) is 26.2 Å². The summed E-state index contributed by atoms with van der Waals surface area (Å²) >= 11 is 3.44. The van der Waals surface area contributed by atoms with Gasteiger partial charge < -0.3 is 15.0 Å². The van der Waals surface area contributed by atoms with Crippen molar-refractivity contribution in [3.63, 3.8) is 0 Å². The second-order valence-electron chi connectivity index (χ2n) is 6.74. The molecule has 7 nitrogen and oxygen atoms in total. The molecular formula is C20H18BrN3O4. The first-order chi connectivity index (χ1) is 13.5. The molecule has 3 aromatic rings. The maximum Gasteiger partial charge on any atom is 0.317 e. The Morgan fingerprint density at radius 3 is 2.89 bits per heavy atom. The van der Waals surface area contributed by atoms with Gasteiger partial charge in [0.05, 0.1) is 23.8 Å². The number of carbonyl (C=O) groups is 1. The number of aryl methyl sites for hydroxylation is 1. The summed E-state index contributed by atoms with van der Waals surface area (Å²) in [6, 6.07) is 10.5. The standard InChI is InChI=1S/C20H18BrN3O4/c1-28-16-5-3-2-4-14(16)22-17(25)10-13-7-6-11-8-12(21)9-15-18(11)24(13)20(27)19(26)23-15/h2-5,8-9,13H,6-7,10H2,1H3,(H,22,25)(H,23,26). The van der Waals surface area contributed by atoms with Crippen LogP contribution in [0, 0.1) is 0 Å². The zero-order valence-corrected chi connectivity index (χ0v) is 16.7. The van der Waals surface area contributed by atoms with Crippen LogP contribution in [0.3, 0.4) is 0 Å². The lowest BCUT2D eigenvalue weighted by Gasteiger charge is -2.27. The van der Waals surface area contributed by atoms with E-state index in [-0.39, 0.29) is 18.4 Å². The zero-order chi connectivity index (χ0) is 19.8. The van der Waals surface area contributed by atoms with Gasteiger partial charge in [-0.25, -0.2) is 0 Å². The number of amides is 1. The SMILES string of the molecule is COc1ccccc1NC(=O)CC1CCc2cc(Br)cc3[nH]c(=O)c(=O)n1c23. The smallest absolute Gasteiger partial charge is 0.317 e. The Morgan fingerprint density at radius 2 is 2.11 bits per heavy atom. The lowest BCUT2D eigenvalue weighted by atomic mass is 9.96. The Hall–Kier alpha value is -2.87. The fourth-order valence-electron chi connectivity index (χ4n) is 3.77. The van der Waals surface area contributed by atoms with Gasteiger partial charge in [0, 0.05) is 16.9 Å². The molecule has 0 fully saturated rings. The van der Waals surface area contributed by atoms with Crippen molar-refractivity contribution in [1.82, 2.24) is 9.55 Å². The van der Waals surface area contributed by atoms with Gasteiger partial charge in [-0.05, 0) is 42.7 Å². The van der Waals surface area contributed by atoms with Crippen molar-refractivity contribution in [3.05, 3.63) is 67.1 Å². The Labute approximate surface area is 168 Å². The van der Waals surface area contributed by atoms with E-state index in [1.54, 1.807) is 24.3 Å². The highest BCUT2D eigenvalue weighted by atomic mass is 79.9. The maximum atomic E-state index is 12.7. The minimum Gasteiger partial charge on any atom is -0.495 e. The largest absolute Gasteiger partial charge is 0.495 e. The topological polar surface area (TPSA) is 93.2 Å². The average Bonchev–Trinajstić information content (AvgIpc) is 2.67. The zero-order valence-electron chi connectivity index (χ0n) is 15.1. The Balaban J connectivity index is 1.70. The summed E-state index contributed by atoms with van der Waals surface area (Å²) in [5.74, 6) is 0.320. The molecular weight excluding hydrogens is 426 g/mol. The minimum absolute atomic E-state index is 0.0893. The molecule has 0 aliphatic carbocycles. The van der Waals surface area contributed by atoms with Crippen LogP contribution < -0.4 is 21.2 Å². The van der Waals surface area contributed by atoms with E-state index in [0.29, 0.717) is 35.3 Å². The van der Waals surface area contributed by atoms with Gasteiger partial charge in [0.1, 0.15) is 5.75 Å². The van der Waals surface area contributed by atoms with Crippen LogP contribution in [0.1, 0.15) is 24.4 Å².